The molecule has 3 aromatic rings. The summed E-state index contributed by atoms with van der Waals surface area (Å²) in [7, 11) is 0. The molecule has 3 rings (SSSR count). The van der Waals surface area contributed by atoms with Gasteiger partial charge in [-0.3, -0.25) is 9.59 Å². The molecule has 140 valence electrons. The third kappa shape index (κ3) is 4.54. The lowest BCUT2D eigenvalue weighted by molar-refractivity contribution is -0.139. The number of benzene rings is 1. The first kappa shape index (κ1) is 19.1. The van der Waals surface area contributed by atoms with E-state index in [9.17, 15) is 9.59 Å². The van der Waals surface area contributed by atoms with Crippen LogP contribution in [0.4, 0.5) is 0 Å². The Morgan fingerprint density at radius 2 is 1.93 bits per heavy atom. The number of rotatable bonds is 7. The summed E-state index contributed by atoms with van der Waals surface area (Å²) in [5, 5.41) is 1.38. The fourth-order valence-corrected chi connectivity index (χ4v) is 3.64. The number of hydrogen-bond donors (Lipinski definition) is 1. The Morgan fingerprint density at radius 3 is 2.63 bits per heavy atom. The number of carbonyl (C=O) groups excluding carboxylic acids is 2. The molecule has 0 fully saturated rings. The average molecular weight is 383 g/mol. The summed E-state index contributed by atoms with van der Waals surface area (Å²) >= 11 is 1.20. The molecule has 0 saturated heterocycles. The van der Waals surface area contributed by atoms with Gasteiger partial charge in [0.25, 0.3) is 0 Å². The fourth-order valence-electron chi connectivity index (χ4n) is 2.89. The van der Waals surface area contributed by atoms with E-state index in [2.05, 4.69) is 21.9 Å². The Morgan fingerprint density at radius 1 is 1.19 bits per heavy atom. The molecule has 2 heterocycles. The maximum atomic E-state index is 12.5. The Kier molecular flexibility index (Phi) is 5.91. The zero-order chi connectivity index (χ0) is 19.4. The summed E-state index contributed by atoms with van der Waals surface area (Å²) in [4.78, 5) is 36.1. The van der Waals surface area contributed by atoms with Gasteiger partial charge in [0.2, 0.25) is 5.78 Å². The molecule has 0 aliphatic carbocycles. The molecule has 6 nitrogen and oxygen atoms in total. The minimum Gasteiger partial charge on any atom is -0.457 e. The average Bonchev–Trinajstić information content (AvgIpc) is 3.08. The van der Waals surface area contributed by atoms with Crippen molar-refractivity contribution in [1.82, 2.24) is 15.0 Å². The number of fused-ring (bicyclic) bond motifs is 1. The van der Waals surface area contributed by atoms with E-state index in [-0.39, 0.29) is 18.1 Å². The van der Waals surface area contributed by atoms with Crippen LogP contribution in [0.15, 0.2) is 35.6 Å². The molecule has 0 spiro atoms. The number of nitrogens with zero attached hydrogens (tertiary/aromatic N) is 2. The smallest absolute Gasteiger partial charge is 0.316 e. The van der Waals surface area contributed by atoms with Crippen molar-refractivity contribution in [3.05, 3.63) is 53.0 Å². The van der Waals surface area contributed by atoms with Crippen LogP contribution >= 0.6 is 11.8 Å². The third-order valence-corrected chi connectivity index (χ3v) is 4.95. The molecular weight excluding hydrogens is 362 g/mol. The number of thioether (sulfide) groups is 1. The lowest BCUT2D eigenvalue weighted by atomic mass is 10.1. The second-order valence-electron chi connectivity index (χ2n) is 6.20. The predicted octanol–water partition coefficient (Wildman–Crippen LogP) is 3.66. The van der Waals surface area contributed by atoms with Crippen molar-refractivity contribution in [2.75, 3.05) is 12.4 Å². The summed E-state index contributed by atoms with van der Waals surface area (Å²) in [6.07, 6.45) is 2.55. The molecule has 2 aromatic heterocycles. The number of para-hydroxylation sites is 1. The number of aryl methyl sites for hydroxylation is 3. The predicted molar refractivity (Wildman–Crippen MR) is 105 cm³/mol. The summed E-state index contributed by atoms with van der Waals surface area (Å²) < 4.78 is 5.14. The highest BCUT2D eigenvalue weighted by Crippen LogP contribution is 2.22. The van der Waals surface area contributed by atoms with Crippen molar-refractivity contribution in [2.45, 2.75) is 32.3 Å². The van der Waals surface area contributed by atoms with Gasteiger partial charge >= 0.3 is 5.97 Å². The van der Waals surface area contributed by atoms with Crippen molar-refractivity contribution >= 4 is 34.4 Å². The van der Waals surface area contributed by atoms with Crippen LogP contribution in [0.25, 0.3) is 10.9 Å². The normalized spacial score (nSPS) is 10.9. The first-order valence-electron chi connectivity index (χ1n) is 8.70. The summed E-state index contributed by atoms with van der Waals surface area (Å²) in [6, 6.07) is 7.72. The van der Waals surface area contributed by atoms with E-state index in [0.29, 0.717) is 10.7 Å². The number of hydrogen-bond acceptors (Lipinski definition) is 6. The highest BCUT2D eigenvalue weighted by atomic mass is 32.2. The Hall–Kier alpha value is -2.67. The standard InChI is InChI=1S/C20H21N3O3S/c1-4-14-6-5-7-15-16(9-21-19(14)15)17(24)10-26-18(25)11-27-20-22-12(2)8-13(3)23-20/h5-9,21H,4,10-11H2,1-3H3. The molecule has 7 heteroatoms. The molecule has 0 amide bonds. The van der Waals surface area contributed by atoms with Gasteiger partial charge in [-0.25, -0.2) is 9.97 Å². The first-order valence-corrected chi connectivity index (χ1v) is 9.69. The molecule has 1 aromatic carbocycles. The van der Waals surface area contributed by atoms with Crippen LogP contribution in [0.1, 0.15) is 34.2 Å². The number of ketones is 1. The second-order valence-corrected chi connectivity index (χ2v) is 7.14. The van der Waals surface area contributed by atoms with Gasteiger partial charge in [-0.2, -0.15) is 0 Å². The van der Waals surface area contributed by atoms with E-state index in [0.717, 1.165) is 34.3 Å². The van der Waals surface area contributed by atoms with Gasteiger partial charge in [0.15, 0.2) is 11.8 Å². The number of carbonyl (C=O) groups is 2. The highest BCUT2D eigenvalue weighted by molar-refractivity contribution is 7.99. The maximum Gasteiger partial charge on any atom is 0.316 e. The summed E-state index contributed by atoms with van der Waals surface area (Å²) in [5.41, 5.74) is 4.34. The number of esters is 1. The van der Waals surface area contributed by atoms with Crippen LogP contribution in [0.3, 0.4) is 0 Å². The molecule has 0 radical (unpaired) electrons. The summed E-state index contributed by atoms with van der Waals surface area (Å²) in [5.74, 6) is -0.634. The van der Waals surface area contributed by atoms with Crippen molar-refractivity contribution in [3.8, 4) is 0 Å². The molecule has 0 aliphatic rings. The van der Waals surface area contributed by atoms with Crippen molar-refractivity contribution in [1.29, 1.82) is 0 Å². The van der Waals surface area contributed by atoms with Crippen LogP contribution in [0.2, 0.25) is 0 Å². The number of ether oxygens (including phenoxy) is 1. The van der Waals surface area contributed by atoms with Crippen molar-refractivity contribution in [3.63, 3.8) is 0 Å². The quantitative estimate of drug-likeness (QED) is 0.290. The van der Waals surface area contributed by atoms with Crippen molar-refractivity contribution < 1.29 is 14.3 Å². The number of nitrogens with one attached hydrogen (secondary N) is 1. The Labute approximate surface area is 161 Å². The minimum absolute atomic E-state index is 0.0596. The second kappa shape index (κ2) is 8.35. The highest BCUT2D eigenvalue weighted by Gasteiger charge is 2.16. The van der Waals surface area contributed by atoms with Gasteiger partial charge < -0.3 is 9.72 Å². The van der Waals surface area contributed by atoms with Crippen LogP contribution in [-0.2, 0) is 16.0 Å². The fraction of sp³-hybridized carbons (Fsp3) is 0.300. The van der Waals surface area contributed by atoms with E-state index in [1.54, 1.807) is 6.20 Å². The SMILES string of the molecule is CCc1cccc2c(C(=O)COC(=O)CSc3nc(C)cc(C)n3)c[nH]c12. The number of aromatic nitrogens is 3. The van der Waals surface area contributed by atoms with E-state index in [1.165, 1.54) is 11.8 Å². The molecule has 1 N–H and O–H groups in total. The van der Waals surface area contributed by atoms with Gasteiger partial charge in [-0.05, 0) is 31.9 Å². The number of H-pyrrole nitrogens is 1. The molecule has 0 bridgehead atoms. The van der Waals surface area contributed by atoms with Crippen LogP contribution in [0.5, 0.6) is 0 Å². The Bertz CT molecular complexity index is 977. The molecular formula is C20H21N3O3S. The van der Waals surface area contributed by atoms with Crippen LogP contribution < -0.4 is 0 Å². The first-order chi connectivity index (χ1) is 13.0. The molecule has 0 unspecified atom stereocenters. The molecule has 0 atom stereocenters. The minimum atomic E-state index is -0.467. The van der Waals surface area contributed by atoms with E-state index in [1.807, 2.05) is 38.1 Å². The van der Waals surface area contributed by atoms with Gasteiger partial charge in [0.1, 0.15) is 0 Å². The summed E-state index contributed by atoms with van der Waals surface area (Å²) in [6.45, 7) is 5.54. The molecule has 0 saturated carbocycles. The molecule has 0 aliphatic heterocycles. The zero-order valence-corrected chi connectivity index (χ0v) is 16.4. The van der Waals surface area contributed by atoms with Crippen molar-refractivity contribution in [2.24, 2.45) is 0 Å². The van der Waals surface area contributed by atoms with E-state index < -0.39 is 5.97 Å². The number of aromatic amines is 1. The van der Waals surface area contributed by atoms with Gasteiger partial charge in [-0.1, -0.05) is 36.9 Å². The molecule has 27 heavy (non-hydrogen) atoms. The maximum absolute atomic E-state index is 12.5. The zero-order valence-electron chi connectivity index (χ0n) is 15.5. The van der Waals surface area contributed by atoms with E-state index >= 15 is 0 Å². The lowest BCUT2D eigenvalue weighted by Gasteiger charge is -2.05. The third-order valence-electron chi connectivity index (χ3n) is 4.13. The van der Waals surface area contributed by atoms with E-state index in [4.69, 9.17) is 4.74 Å². The van der Waals surface area contributed by atoms with Gasteiger partial charge in [0.05, 0.1) is 5.75 Å². The van der Waals surface area contributed by atoms with Crippen LogP contribution in [0, 0.1) is 13.8 Å². The van der Waals surface area contributed by atoms with Gasteiger partial charge in [-0.15, -0.1) is 0 Å². The monoisotopic (exact) mass is 383 g/mol. The lowest BCUT2D eigenvalue weighted by Crippen LogP contribution is -2.15. The topological polar surface area (TPSA) is 84.9 Å². The largest absolute Gasteiger partial charge is 0.457 e. The number of Topliss-reactive ketones (excluding diaryl/α,β-unsaturated/α-hetero) is 1. The van der Waals surface area contributed by atoms with Gasteiger partial charge in [0, 0.05) is 34.1 Å². The van der Waals surface area contributed by atoms with Crippen LogP contribution in [-0.4, -0.2) is 39.1 Å². The Balaban J connectivity index is 1.58.